The van der Waals surface area contributed by atoms with Crippen molar-refractivity contribution >= 4 is 11.6 Å². The average molecular weight is 266 g/mol. The predicted molar refractivity (Wildman–Crippen MR) is 72.6 cm³/mol. The van der Waals surface area contributed by atoms with E-state index in [1.807, 2.05) is 30.5 Å². The van der Waals surface area contributed by atoms with Crippen LogP contribution in [0.1, 0.15) is 5.69 Å². The van der Waals surface area contributed by atoms with Crippen LogP contribution in [-0.2, 0) is 11.3 Å². The summed E-state index contributed by atoms with van der Waals surface area (Å²) in [6.07, 6.45) is 1.82. The lowest BCUT2D eigenvalue weighted by Gasteiger charge is -2.02. The molecule has 96 valence electrons. The summed E-state index contributed by atoms with van der Waals surface area (Å²) in [5, 5.41) is 3.95. The maximum atomic E-state index is 6.12. The van der Waals surface area contributed by atoms with E-state index < -0.39 is 0 Å². The molecule has 0 radical (unpaired) electrons. The molecule has 0 bridgehead atoms. The first-order valence-electron chi connectivity index (χ1n) is 5.79. The van der Waals surface area contributed by atoms with Gasteiger partial charge in [-0.25, -0.2) is 4.98 Å². The highest BCUT2D eigenvalue weighted by molar-refractivity contribution is 6.33. The number of hydrogen-bond donors (Lipinski definition) is 2. The van der Waals surface area contributed by atoms with Gasteiger partial charge in [-0.15, -0.1) is 0 Å². The van der Waals surface area contributed by atoms with Crippen LogP contribution in [0.25, 0.3) is 11.4 Å². The number of aromatic amines is 1. The van der Waals surface area contributed by atoms with Gasteiger partial charge < -0.3 is 15.0 Å². The van der Waals surface area contributed by atoms with Crippen molar-refractivity contribution in [3.05, 3.63) is 41.2 Å². The lowest BCUT2D eigenvalue weighted by Crippen LogP contribution is -2.18. The third-order valence-electron chi connectivity index (χ3n) is 2.56. The number of hydrogen-bond acceptors (Lipinski definition) is 3. The van der Waals surface area contributed by atoms with Crippen LogP contribution >= 0.6 is 11.6 Å². The predicted octanol–water partition coefficient (Wildman–Crippen LogP) is 2.47. The third kappa shape index (κ3) is 3.32. The Morgan fingerprint density at radius 2 is 2.22 bits per heavy atom. The number of aromatic nitrogens is 2. The zero-order chi connectivity index (χ0) is 12.8. The minimum Gasteiger partial charge on any atom is -0.383 e. The molecular weight excluding hydrogens is 250 g/mol. The lowest BCUT2D eigenvalue weighted by atomic mass is 10.2. The third-order valence-corrected chi connectivity index (χ3v) is 2.89. The molecular formula is C13H16ClN3O. The summed E-state index contributed by atoms with van der Waals surface area (Å²) in [5.41, 5.74) is 1.95. The topological polar surface area (TPSA) is 49.9 Å². The summed E-state index contributed by atoms with van der Waals surface area (Å²) in [6, 6.07) is 7.65. The first-order valence-corrected chi connectivity index (χ1v) is 6.17. The molecule has 1 aromatic carbocycles. The van der Waals surface area contributed by atoms with Crippen LogP contribution in [0.4, 0.5) is 0 Å². The Morgan fingerprint density at radius 3 is 3.00 bits per heavy atom. The van der Waals surface area contributed by atoms with E-state index in [2.05, 4.69) is 15.3 Å². The number of nitrogens with zero attached hydrogens (tertiary/aromatic N) is 1. The number of rotatable bonds is 6. The monoisotopic (exact) mass is 265 g/mol. The van der Waals surface area contributed by atoms with Gasteiger partial charge in [0.2, 0.25) is 0 Å². The van der Waals surface area contributed by atoms with Crippen LogP contribution in [0.15, 0.2) is 30.5 Å². The summed E-state index contributed by atoms with van der Waals surface area (Å²) in [7, 11) is 1.69. The molecule has 5 heteroatoms. The molecule has 0 amide bonds. The van der Waals surface area contributed by atoms with Crippen molar-refractivity contribution < 1.29 is 4.74 Å². The highest BCUT2D eigenvalue weighted by Crippen LogP contribution is 2.24. The molecule has 2 N–H and O–H groups in total. The van der Waals surface area contributed by atoms with Crippen molar-refractivity contribution in [2.24, 2.45) is 0 Å². The Balaban J connectivity index is 2.00. The van der Waals surface area contributed by atoms with Gasteiger partial charge in [-0.2, -0.15) is 0 Å². The maximum Gasteiger partial charge on any atom is 0.139 e. The fraction of sp³-hybridized carbons (Fsp3) is 0.308. The summed E-state index contributed by atoms with van der Waals surface area (Å²) in [5.74, 6) is 0.796. The second kappa shape index (κ2) is 6.54. The largest absolute Gasteiger partial charge is 0.383 e. The highest BCUT2D eigenvalue weighted by Gasteiger charge is 2.06. The summed E-state index contributed by atoms with van der Waals surface area (Å²) >= 11 is 6.12. The van der Waals surface area contributed by atoms with E-state index in [0.29, 0.717) is 11.6 Å². The Bertz CT molecular complexity index is 498. The van der Waals surface area contributed by atoms with Crippen LogP contribution in [-0.4, -0.2) is 30.2 Å². The van der Waals surface area contributed by atoms with Gasteiger partial charge in [-0.1, -0.05) is 23.7 Å². The molecule has 0 fully saturated rings. The minimum absolute atomic E-state index is 0.700. The molecule has 0 spiro atoms. The number of halogens is 1. The smallest absolute Gasteiger partial charge is 0.139 e. The van der Waals surface area contributed by atoms with Crippen molar-refractivity contribution in [3.63, 3.8) is 0 Å². The van der Waals surface area contributed by atoms with Gasteiger partial charge >= 0.3 is 0 Å². The molecule has 0 saturated heterocycles. The first kappa shape index (κ1) is 13.1. The van der Waals surface area contributed by atoms with Crippen molar-refractivity contribution in [1.82, 2.24) is 15.3 Å². The molecule has 1 aromatic heterocycles. The van der Waals surface area contributed by atoms with E-state index >= 15 is 0 Å². The Labute approximate surface area is 111 Å². The number of imidazole rings is 1. The molecule has 0 saturated carbocycles. The highest BCUT2D eigenvalue weighted by atomic mass is 35.5. The first-order chi connectivity index (χ1) is 8.81. The van der Waals surface area contributed by atoms with Crippen molar-refractivity contribution in [2.75, 3.05) is 20.3 Å². The van der Waals surface area contributed by atoms with Gasteiger partial charge in [0.05, 0.1) is 11.6 Å². The Kier molecular flexibility index (Phi) is 4.75. The van der Waals surface area contributed by atoms with Gasteiger partial charge in [0, 0.05) is 37.7 Å². The lowest BCUT2D eigenvalue weighted by molar-refractivity contribution is 0.199. The summed E-state index contributed by atoms with van der Waals surface area (Å²) in [4.78, 5) is 7.58. The Hall–Kier alpha value is -1.36. The van der Waals surface area contributed by atoms with Crippen molar-refractivity contribution in [2.45, 2.75) is 6.54 Å². The van der Waals surface area contributed by atoms with Crippen LogP contribution in [0.2, 0.25) is 5.02 Å². The van der Waals surface area contributed by atoms with Crippen LogP contribution in [0.3, 0.4) is 0 Å². The van der Waals surface area contributed by atoms with Crippen molar-refractivity contribution in [3.8, 4) is 11.4 Å². The van der Waals surface area contributed by atoms with Crippen LogP contribution in [0, 0.1) is 0 Å². The van der Waals surface area contributed by atoms with E-state index in [0.717, 1.165) is 30.2 Å². The average Bonchev–Trinajstić information content (AvgIpc) is 2.84. The fourth-order valence-electron chi connectivity index (χ4n) is 1.64. The van der Waals surface area contributed by atoms with Gasteiger partial charge in [0.15, 0.2) is 0 Å². The normalized spacial score (nSPS) is 10.8. The van der Waals surface area contributed by atoms with E-state index in [-0.39, 0.29) is 0 Å². The zero-order valence-corrected chi connectivity index (χ0v) is 11.0. The molecule has 0 unspecified atom stereocenters. The molecule has 0 aliphatic rings. The van der Waals surface area contributed by atoms with Crippen LogP contribution in [0.5, 0.6) is 0 Å². The van der Waals surface area contributed by atoms with Gasteiger partial charge in [-0.3, -0.25) is 0 Å². The molecule has 0 aliphatic carbocycles. The van der Waals surface area contributed by atoms with Gasteiger partial charge in [0.25, 0.3) is 0 Å². The van der Waals surface area contributed by atoms with Crippen molar-refractivity contribution in [1.29, 1.82) is 0 Å². The number of methoxy groups -OCH3 is 1. The quantitative estimate of drug-likeness (QED) is 0.789. The molecule has 2 aromatic rings. The zero-order valence-electron chi connectivity index (χ0n) is 10.2. The van der Waals surface area contributed by atoms with Gasteiger partial charge in [-0.05, 0) is 12.1 Å². The molecule has 0 atom stereocenters. The number of H-pyrrole nitrogens is 1. The number of ether oxygens (including phenoxy) is 1. The van der Waals surface area contributed by atoms with E-state index in [1.54, 1.807) is 7.11 Å². The molecule has 1 heterocycles. The molecule has 2 rings (SSSR count). The number of nitrogens with one attached hydrogen (secondary N) is 2. The molecule has 18 heavy (non-hydrogen) atoms. The SMILES string of the molecule is COCCNCc1cnc(-c2ccccc2Cl)[nH]1. The number of benzene rings is 1. The standard InChI is InChI=1S/C13H16ClN3O/c1-18-7-6-15-8-10-9-16-13(17-10)11-4-2-3-5-12(11)14/h2-5,9,15H,6-8H2,1H3,(H,16,17). The van der Waals surface area contributed by atoms with Gasteiger partial charge in [0.1, 0.15) is 5.82 Å². The molecule has 4 nitrogen and oxygen atoms in total. The fourth-order valence-corrected chi connectivity index (χ4v) is 1.86. The second-order valence-electron chi connectivity index (χ2n) is 3.91. The summed E-state index contributed by atoms with van der Waals surface area (Å²) in [6.45, 7) is 2.25. The van der Waals surface area contributed by atoms with E-state index in [9.17, 15) is 0 Å². The summed E-state index contributed by atoms with van der Waals surface area (Å²) < 4.78 is 4.96. The Morgan fingerprint density at radius 1 is 1.39 bits per heavy atom. The second-order valence-corrected chi connectivity index (χ2v) is 4.31. The van der Waals surface area contributed by atoms with E-state index in [4.69, 9.17) is 16.3 Å². The maximum absolute atomic E-state index is 6.12. The van der Waals surface area contributed by atoms with Crippen LogP contribution < -0.4 is 5.32 Å². The van der Waals surface area contributed by atoms with E-state index in [1.165, 1.54) is 0 Å². The minimum atomic E-state index is 0.700. The molecule has 0 aliphatic heterocycles.